The molecular formula is C14H18O. The topological polar surface area (TPSA) is 12.5 Å². The molecule has 15 heavy (non-hydrogen) atoms. The number of hydrogen-bond donors (Lipinski definition) is 0. The molecule has 0 atom stereocenters. The van der Waals surface area contributed by atoms with Gasteiger partial charge in [0.1, 0.15) is 5.60 Å². The number of ether oxygens (including phenoxy) is 1. The lowest BCUT2D eigenvalue weighted by Gasteiger charge is -2.33. The molecule has 1 nitrogen and oxygen atoms in total. The van der Waals surface area contributed by atoms with Gasteiger partial charge in [-0.3, -0.25) is 0 Å². The fourth-order valence-electron chi connectivity index (χ4n) is 3.58. The summed E-state index contributed by atoms with van der Waals surface area (Å²) in [5, 5.41) is 0. The molecule has 1 aromatic rings. The van der Waals surface area contributed by atoms with Gasteiger partial charge in [-0.1, -0.05) is 52.0 Å². The molecule has 1 aliphatic carbocycles. The first-order chi connectivity index (χ1) is 6.93. The molecular weight excluding hydrogens is 184 g/mol. The van der Waals surface area contributed by atoms with Crippen molar-refractivity contribution in [2.75, 3.05) is 6.61 Å². The molecule has 1 saturated heterocycles. The van der Waals surface area contributed by atoms with E-state index in [0.29, 0.717) is 0 Å². The van der Waals surface area contributed by atoms with Crippen LogP contribution in [0.4, 0.5) is 0 Å². The van der Waals surface area contributed by atoms with Crippen molar-refractivity contribution in [3.63, 3.8) is 0 Å². The highest BCUT2D eigenvalue weighted by Gasteiger charge is 2.70. The maximum Gasteiger partial charge on any atom is 0.110 e. The Morgan fingerprint density at radius 2 is 1.33 bits per heavy atom. The van der Waals surface area contributed by atoms with Crippen LogP contribution in [0.2, 0.25) is 0 Å². The van der Waals surface area contributed by atoms with Crippen molar-refractivity contribution in [1.82, 2.24) is 0 Å². The van der Waals surface area contributed by atoms with Crippen molar-refractivity contribution in [2.45, 2.75) is 44.1 Å². The summed E-state index contributed by atoms with van der Waals surface area (Å²) in [6.45, 7) is 10.2. The van der Waals surface area contributed by atoms with Crippen LogP contribution in [0.5, 0.6) is 0 Å². The normalized spacial score (nSPS) is 27.7. The van der Waals surface area contributed by atoms with E-state index in [2.05, 4.69) is 52.0 Å². The first-order valence-electron chi connectivity index (χ1n) is 5.67. The van der Waals surface area contributed by atoms with Gasteiger partial charge in [-0.15, -0.1) is 0 Å². The van der Waals surface area contributed by atoms with Crippen molar-refractivity contribution < 1.29 is 4.74 Å². The lowest BCUT2D eigenvalue weighted by molar-refractivity contribution is 0.150. The Kier molecular flexibility index (Phi) is 1.44. The number of epoxide rings is 1. The molecule has 1 heteroatoms. The fourth-order valence-corrected chi connectivity index (χ4v) is 3.58. The zero-order chi connectivity index (χ0) is 10.9. The third-order valence-electron chi connectivity index (χ3n) is 4.73. The van der Waals surface area contributed by atoms with Crippen LogP contribution in [0, 0.1) is 0 Å². The molecule has 1 aliphatic heterocycles. The maximum absolute atomic E-state index is 5.87. The van der Waals surface area contributed by atoms with Crippen LogP contribution in [0.15, 0.2) is 24.3 Å². The van der Waals surface area contributed by atoms with Gasteiger partial charge in [0.05, 0.1) is 6.61 Å². The van der Waals surface area contributed by atoms with Gasteiger partial charge in [-0.25, -0.2) is 0 Å². The Balaban J connectivity index is 2.32. The van der Waals surface area contributed by atoms with E-state index in [4.69, 9.17) is 4.74 Å². The van der Waals surface area contributed by atoms with Gasteiger partial charge in [0, 0.05) is 10.8 Å². The van der Waals surface area contributed by atoms with E-state index in [-0.39, 0.29) is 16.4 Å². The average molecular weight is 202 g/mol. The van der Waals surface area contributed by atoms with Crippen LogP contribution >= 0.6 is 0 Å². The van der Waals surface area contributed by atoms with Crippen molar-refractivity contribution in [1.29, 1.82) is 0 Å². The van der Waals surface area contributed by atoms with Crippen LogP contribution in [-0.2, 0) is 15.6 Å². The maximum atomic E-state index is 5.87. The largest absolute Gasteiger partial charge is 0.368 e. The molecule has 0 saturated carbocycles. The SMILES string of the molecule is CC1(C)c2ccccc2C(C)(C)C12CO2. The zero-order valence-corrected chi connectivity index (χ0v) is 9.92. The average Bonchev–Trinajstić information content (AvgIpc) is 2.96. The molecule has 1 heterocycles. The molecule has 1 spiro atoms. The molecule has 2 aliphatic rings. The highest BCUT2D eigenvalue weighted by Crippen LogP contribution is 2.63. The summed E-state index contributed by atoms with van der Waals surface area (Å²) in [5.41, 5.74) is 3.27. The number of hydrogen-bond acceptors (Lipinski definition) is 1. The van der Waals surface area contributed by atoms with Gasteiger partial charge in [0.15, 0.2) is 0 Å². The number of fused-ring (bicyclic) bond motifs is 1. The van der Waals surface area contributed by atoms with Crippen LogP contribution < -0.4 is 0 Å². The Morgan fingerprint density at radius 3 is 1.67 bits per heavy atom. The Morgan fingerprint density at radius 1 is 0.933 bits per heavy atom. The predicted octanol–water partition coefficient (Wildman–Crippen LogP) is 3.02. The molecule has 1 aromatic carbocycles. The van der Waals surface area contributed by atoms with Gasteiger partial charge in [0.25, 0.3) is 0 Å². The van der Waals surface area contributed by atoms with Gasteiger partial charge < -0.3 is 4.74 Å². The van der Waals surface area contributed by atoms with Crippen molar-refractivity contribution in [2.24, 2.45) is 0 Å². The zero-order valence-electron chi connectivity index (χ0n) is 9.92. The van der Waals surface area contributed by atoms with E-state index < -0.39 is 0 Å². The first-order valence-corrected chi connectivity index (χ1v) is 5.67. The third-order valence-corrected chi connectivity index (χ3v) is 4.73. The summed E-state index contributed by atoms with van der Waals surface area (Å²) in [4.78, 5) is 0. The van der Waals surface area contributed by atoms with E-state index in [9.17, 15) is 0 Å². The third kappa shape index (κ3) is 0.807. The summed E-state index contributed by atoms with van der Waals surface area (Å²) in [7, 11) is 0. The molecule has 1 fully saturated rings. The smallest absolute Gasteiger partial charge is 0.110 e. The summed E-state index contributed by atoms with van der Waals surface area (Å²) in [6.07, 6.45) is 0. The van der Waals surface area contributed by atoms with Crippen molar-refractivity contribution in [3.05, 3.63) is 35.4 Å². The van der Waals surface area contributed by atoms with Crippen LogP contribution in [0.3, 0.4) is 0 Å². The minimum absolute atomic E-state index is 0.0453. The van der Waals surface area contributed by atoms with Gasteiger partial charge in [-0.2, -0.15) is 0 Å². The summed E-state index contributed by atoms with van der Waals surface area (Å²) in [5.74, 6) is 0. The summed E-state index contributed by atoms with van der Waals surface area (Å²) >= 11 is 0. The van der Waals surface area contributed by atoms with Gasteiger partial charge >= 0.3 is 0 Å². The highest BCUT2D eigenvalue weighted by molar-refractivity contribution is 5.52. The Hall–Kier alpha value is -0.820. The molecule has 0 radical (unpaired) electrons. The highest BCUT2D eigenvalue weighted by atomic mass is 16.6. The Bertz CT molecular complexity index is 388. The molecule has 0 amide bonds. The lowest BCUT2D eigenvalue weighted by Crippen LogP contribution is -2.43. The van der Waals surface area contributed by atoms with E-state index in [1.54, 1.807) is 0 Å². The molecule has 80 valence electrons. The molecule has 3 rings (SSSR count). The van der Waals surface area contributed by atoms with Crippen LogP contribution in [-0.4, -0.2) is 12.2 Å². The molecule has 0 aromatic heterocycles. The standard InChI is InChI=1S/C14H18O/c1-12(2)10-7-5-6-8-11(10)13(3,4)14(12)9-15-14/h5-8H,9H2,1-4H3. The number of rotatable bonds is 0. The lowest BCUT2D eigenvalue weighted by atomic mass is 9.70. The second-order valence-corrected chi connectivity index (χ2v) is 5.91. The van der Waals surface area contributed by atoms with E-state index in [0.717, 1.165) is 6.61 Å². The second-order valence-electron chi connectivity index (χ2n) is 5.91. The fraction of sp³-hybridized carbons (Fsp3) is 0.571. The second kappa shape index (κ2) is 2.30. The Labute approximate surface area is 91.5 Å². The summed E-state index contributed by atoms with van der Waals surface area (Å²) < 4.78 is 5.87. The van der Waals surface area contributed by atoms with E-state index >= 15 is 0 Å². The minimum Gasteiger partial charge on any atom is -0.368 e. The summed E-state index contributed by atoms with van der Waals surface area (Å²) in [6, 6.07) is 8.79. The number of benzene rings is 1. The monoisotopic (exact) mass is 202 g/mol. The first kappa shape index (κ1) is 9.41. The molecule has 0 N–H and O–H groups in total. The molecule has 0 bridgehead atoms. The van der Waals surface area contributed by atoms with Crippen molar-refractivity contribution >= 4 is 0 Å². The van der Waals surface area contributed by atoms with Gasteiger partial charge in [-0.05, 0) is 11.1 Å². The molecule has 0 unspecified atom stereocenters. The van der Waals surface area contributed by atoms with Crippen LogP contribution in [0.25, 0.3) is 0 Å². The minimum atomic E-state index is 0.0453. The van der Waals surface area contributed by atoms with E-state index in [1.807, 2.05) is 0 Å². The van der Waals surface area contributed by atoms with Crippen LogP contribution in [0.1, 0.15) is 38.8 Å². The quantitative estimate of drug-likeness (QED) is 0.589. The van der Waals surface area contributed by atoms with Crippen molar-refractivity contribution in [3.8, 4) is 0 Å². The van der Waals surface area contributed by atoms with Gasteiger partial charge in [0.2, 0.25) is 0 Å². The van der Waals surface area contributed by atoms with E-state index in [1.165, 1.54) is 11.1 Å². The predicted molar refractivity (Wildman–Crippen MR) is 61.2 cm³/mol.